The lowest BCUT2D eigenvalue weighted by Crippen LogP contribution is -2.48. The van der Waals surface area contributed by atoms with Gasteiger partial charge in [0.1, 0.15) is 0 Å². The van der Waals surface area contributed by atoms with Gasteiger partial charge in [-0.2, -0.15) is 0 Å². The average molecular weight is 255 g/mol. The van der Waals surface area contributed by atoms with Crippen LogP contribution in [0, 0.1) is 0 Å². The molecule has 0 aliphatic heterocycles. The van der Waals surface area contributed by atoms with Crippen LogP contribution in [-0.4, -0.2) is 54.3 Å². The SMILES string of the molecule is C[C@@H](C(N)=O)N(C)CC(=O)N(C)C1CCCCC1. The van der Waals surface area contributed by atoms with Gasteiger partial charge in [-0.05, 0) is 26.8 Å². The monoisotopic (exact) mass is 255 g/mol. The summed E-state index contributed by atoms with van der Waals surface area (Å²) in [6, 6.07) is -0.0442. The molecule has 0 saturated heterocycles. The third kappa shape index (κ3) is 3.98. The molecule has 1 aliphatic rings. The zero-order valence-corrected chi connectivity index (χ0v) is 11.7. The number of carbonyl (C=O) groups is 2. The molecule has 104 valence electrons. The largest absolute Gasteiger partial charge is 0.368 e. The smallest absolute Gasteiger partial charge is 0.236 e. The van der Waals surface area contributed by atoms with Crippen LogP contribution in [0.5, 0.6) is 0 Å². The van der Waals surface area contributed by atoms with Gasteiger partial charge >= 0.3 is 0 Å². The normalized spacial score (nSPS) is 18.7. The molecule has 0 aromatic carbocycles. The maximum absolute atomic E-state index is 12.1. The standard InChI is InChI=1S/C13H25N3O2/c1-10(13(14)18)15(2)9-12(17)16(3)11-7-5-4-6-8-11/h10-11H,4-9H2,1-3H3,(H2,14,18)/t10-/m0/s1. The molecular weight excluding hydrogens is 230 g/mol. The van der Waals surface area contributed by atoms with Gasteiger partial charge in [-0.3, -0.25) is 14.5 Å². The number of hydrogen-bond donors (Lipinski definition) is 1. The Balaban J connectivity index is 2.46. The highest BCUT2D eigenvalue weighted by atomic mass is 16.2. The van der Waals surface area contributed by atoms with Crippen molar-refractivity contribution < 1.29 is 9.59 Å². The fourth-order valence-corrected chi connectivity index (χ4v) is 2.35. The molecule has 2 amide bonds. The van der Waals surface area contributed by atoms with Crippen LogP contribution in [0.1, 0.15) is 39.0 Å². The molecule has 1 atom stereocenters. The summed E-state index contributed by atoms with van der Waals surface area (Å²) in [5, 5.41) is 0. The van der Waals surface area contributed by atoms with Crippen molar-refractivity contribution in [1.82, 2.24) is 9.80 Å². The molecule has 1 saturated carbocycles. The van der Waals surface area contributed by atoms with Crippen LogP contribution in [0.4, 0.5) is 0 Å². The van der Waals surface area contributed by atoms with Crippen molar-refractivity contribution in [3.05, 3.63) is 0 Å². The third-order valence-corrected chi connectivity index (χ3v) is 3.97. The first-order chi connectivity index (χ1) is 8.43. The second kappa shape index (κ2) is 6.73. The van der Waals surface area contributed by atoms with E-state index in [4.69, 9.17) is 5.73 Å². The fraction of sp³-hybridized carbons (Fsp3) is 0.846. The van der Waals surface area contributed by atoms with Crippen LogP contribution in [0.3, 0.4) is 0 Å². The fourth-order valence-electron chi connectivity index (χ4n) is 2.35. The van der Waals surface area contributed by atoms with Gasteiger partial charge in [0.05, 0.1) is 12.6 Å². The molecule has 18 heavy (non-hydrogen) atoms. The van der Waals surface area contributed by atoms with E-state index in [2.05, 4.69) is 0 Å². The van der Waals surface area contributed by atoms with Gasteiger partial charge in [-0.15, -0.1) is 0 Å². The van der Waals surface area contributed by atoms with Crippen molar-refractivity contribution in [3.63, 3.8) is 0 Å². The number of likely N-dealkylation sites (N-methyl/N-ethyl adjacent to an activating group) is 2. The van der Waals surface area contributed by atoms with Crippen LogP contribution in [0.25, 0.3) is 0 Å². The molecule has 0 aromatic heterocycles. The van der Waals surface area contributed by atoms with Crippen molar-refractivity contribution in [2.75, 3.05) is 20.6 Å². The minimum atomic E-state index is -0.409. The molecule has 2 N–H and O–H groups in total. The average Bonchev–Trinajstić information content (AvgIpc) is 2.37. The Hall–Kier alpha value is -1.10. The van der Waals surface area contributed by atoms with Crippen LogP contribution in [0.15, 0.2) is 0 Å². The Labute approximate surface area is 109 Å². The number of amides is 2. The Morgan fingerprint density at radius 1 is 1.22 bits per heavy atom. The summed E-state index contributed by atoms with van der Waals surface area (Å²) < 4.78 is 0. The number of hydrogen-bond acceptors (Lipinski definition) is 3. The van der Waals surface area contributed by atoms with Gasteiger partial charge in [0, 0.05) is 13.1 Å². The second-order valence-corrected chi connectivity index (χ2v) is 5.29. The summed E-state index contributed by atoms with van der Waals surface area (Å²) in [5.41, 5.74) is 5.23. The first kappa shape index (κ1) is 15.0. The molecule has 0 radical (unpaired) electrons. The van der Waals surface area contributed by atoms with Crippen molar-refractivity contribution in [1.29, 1.82) is 0 Å². The number of nitrogens with two attached hydrogens (primary N) is 1. The lowest BCUT2D eigenvalue weighted by molar-refractivity contribution is -0.134. The van der Waals surface area contributed by atoms with Crippen LogP contribution in [-0.2, 0) is 9.59 Å². The second-order valence-electron chi connectivity index (χ2n) is 5.29. The van der Waals surface area contributed by atoms with Gasteiger partial charge in [0.15, 0.2) is 0 Å². The van der Waals surface area contributed by atoms with E-state index in [0.717, 1.165) is 12.8 Å². The predicted octanol–water partition coefficient (Wildman–Crippen LogP) is 0.583. The number of primary amides is 1. The van der Waals surface area contributed by atoms with E-state index in [1.54, 1.807) is 18.9 Å². The first-order valence-electron chi connectivity index (χ1n) is 6.68. The summed E-state index contributed by atoms with van der Waals surface area (Å²) in [6.45, 7) is 1.97. The zero-order chi connectivity index (χ0) is 13.7. The molecule has 0 spiro atoms. The Morgan fingerprint density at radius 3 is 2.28 bits per heavy atom. The van der Waals surface area contributed by atoms with Gasteiger partial charge < -0.3 is 10.6 Å². The molecule has 1 rings (SSSR count). The molecule has 5 nitrogen and oxygen atoms in total. The molecular formula is C13H25N3O2. The van der Waals surface area contributed by atoms with E-state index in [0.29, 0.717) is 6.04 Å². The van der Waals surface area contributed by atoms with Crippen molar-refractivity contribution >= 4 is 11.8 Å². The Morgan fingerprint density at radius 2 is 1.78 bits per heavy atom. The summed E-state index contributed by atoms with van der Waals surface area (Å²) in [7, 11) is 3.61. The van der Waals surface area contributed by atoms with Crippen molar-refractivity contribution in [3.8, 4) is 0 Å². The van der Waals surface area contributed by atoms with E-state index in [1.165, 1.54) is 19.3 Å². The Kier molecular flexibility index (Phi) is 5.59. The van der Waals surface area contributed by atoms with E-state index in [9.17, 15) is 9.59 Å². The minimum Gasteiger partial charge on any atom is -0.368 e. The highest BCUT2D eigenvalue weighted by Crippen LogP contribution is 2.21. The number of rotatable bonds is 5. The summed E-state index contributed by atoms with van der Waals surface area (Å²) >= 11 is 0. The maximum atomic E-state index is 12.1. The highest BCUT2D eigenvalue weighted by Gasteiger charge is 2.24. The molecule has 0 aromatic rings. The van der Waals surface area contributed by atoms with Gasteiger partial charge in [-0.1, -0.05) is 19.3 Å². The van der Waals surface area contributed by atoms with Crippen molar-refractivity contribution in [2.24, 2.45) is 5.73 Å². The number of carbonyl (C=O) groups excluding carboxylic acids is 2. The molecule has 1 fully saturated rings. The van der Waals surface area contributed by atoms with Crippen molar-refractivity contribution in [2.45, 2.75) is 51.1 Å². The van der Waals surface area contributed by atoms with Gasteiger partial charge in [0.2, 0.25) is 11.8 Å². The van der Waals surface area contributed by atoms with Crippen LogP contribution in [0.2, 0.25) is 0 Å². The van der Waals surface area contributed by atoms with E-state index < -0.39 is 11.9 Å². The molecule has 0 bridgehead atoms. The van der Waals surface area contributed by atoms with Crippen LogP contribution >= 0.6 is 0 Å². The van der Waals surface area contributed by atoms with Gasteiger partial charge in [-0.25, -0.2) is 0 Å². The zero-order valence-electron chi connectivity index (χ0n) is 11.7. The van der Waals surface area contributed by atoms with E-state index in [1.807, 2.05) is 11.9 Å². The van der Waals surface area contributed by atoms with Gasteiger partial charge in [0.25, 0.3) is 0 Å². The highest BCUT2D eigenvalue weighted by molar-refractivity contribution is 5.82. The molecule has 1 aliphatic carbocycles. The lowest BCUT2D eigenvalue weighted by atomic mass is 9.94. The molecule has 5 heteroatoms. The minimum absolute atomic E-state index is 0.0671. The Bertz CT molecular complexity index is 301. The third-order valence-electron chi connectivity index (χ3n) is 3.97. The molecule has 0 heterocycles. The maximum Gasteiger partial charge on any atom is 0.236 e. The summed E-state index contributed by atoms with van der Waals surface area (Å²) in [4.78, 5) is 26.7. The topological polar surface area (TPSA) is 66.6 Å². The van der Waals surface area contributed by atoms with E-state index >= 15 is 0 Å². The summed E-state index contributed by atoms with van der Waals surface area (Å²) in [6.07, 6.45) is 5.87. The molecule has 0 unspecified atom stereocenters. The van der Waals surface area contributed by atoms with E-state index in [-0.39, 0.29) is 12.5 Å². The van der Waals surface area contributed by atoms with Crippen LogP contribution < -0.4 is 5.73 Å². The quantitative estimate of drug-likeness (QED) is 0.781. The predicted molar refractivity (Wildman–Crippen MR) is 70.9 cm³/mol. The number of nitrogens with zero attached hydrogens (tertiary/aromatic N) is 2. The lowest BCUT2D eigenvalue weighted by Gasteiger charge is -2.33. The first-order valence-corrected chi connectivity index (χ1v) is 6.68. The summed E-state index contributed by atoms with van der Waals surface area (Å²) in [5.74, 6) is -0.330.